The third-order valence-electron chi connectivity index (χ3n) is 4.03. The van der Waals surface area contributed by atoms with Crippen LogP contribution in [0, 0.1) is 18.3 Å². The number of halogens is 1. The van der Waals surface area contributed by atoms with E-state index in [0.29, 0.717) is 10.0 Å². The van der Waals surface area contributed by atoms with Crippen molar-refractivity contribution in [2.24, 2.45) is 11.3 Å². The van der Waals surface area contributed by atoms with Gasteiger partial charge in [-0.2, -0.15) is 0 Å². The van der Waals surface area contributed by atoms with E-state index in [1.54, 1.807) is 25.1 Å². The van der Waals surface area contributed by atoms with Crippen molar-refractivity contribution in [1.29, 1.82) is 0 Å². The molecule has 0 radical (unpaired) electrons. The van der Waals surface area contributed by atoms with Gasteiger partial charge in [-0.1, -0.05) is 42.8 Å². The lowest BCUT2D eigenvalue weighted by Crippen LogP contribution is -2.34. The van der Waals surface area contributed by atoms with Gasteiger partial charge in [0.1, 0.15) is 0 Å². The van der Waals surface area contributed by atoms with Gasteiger partial charge in [0.25, 0.3) is 10.0 Å². The SMILES string of the molecule is Cc1ccc(Br)cc1S(=O)(=O)N1CC(C(C)(C)C)CC1=O. The summed E-state index contributed by atoms with van der Waals surface area (Å²) in [7, 11) is -3.78. The molecule has 1 aromatic carbocycles. The van der Waals surface area contributed by atoms with Crippen molar-refractivity contribution >= 4 is 31.9 Å². The molecule has 1 unspecified atom stereocenters. The van der Waals surface area contributed by atoms with Crippen LogP contribution in [-0.4, -0.2) is 25.2 Å². The number of sulfonamides is 1. The lowest BCUT2D eigenvalue weighted by Gasteiger charge is -2.26. The maximum atomic E-state index is 12.8. The molecule has 0 spiro atoms. The first-order valence-electron chi connectivity index (χ1n) is 6.85. The topological polar surface area (TPSA) is 54.5 Å². The van der Waals surface area contributed by atoms with Gasteiger partial charge in [0.15, 0.2) is 0 Å². The van der Waals surface area contributed by atoms with Crippen LogP contribution in [0.5, 0.6) is 0 Å². The summed E-state index contributed by atoms with van der Waals surface area (Å²) in [4.78, 5) is 12.4. The van der Waals surface area contributed by atoms with Crippen molar-refractivity contribution in [2.45, 2.75) is 39.0 Å². The van der Waals surface area contributed by atoms with Gasteiger partial charge in [-0.25, -0.2) is 12.7 Å². The number of rotatable bonds is 2. The Kier molecular flexibility index (Phi) is 4.23. The minimum Gasteiger partial charge on any atom is -0.274 e. The van der Waals surface area contributed by atoms with E-state index in [0.717, 1.165) is 4.31 Å². The number of aryl methyl sites for hydroxylation is 1. The van der Waals surface area contributed by atoms with Crippen LogP contribution >= 0.6 is 15.9 Å². The molecule has 1 aliphatic rings. The zero-order valence-electron chi connectivity index (χ0n) is 12.7. The quantitative estimate of drug-likeness (QED) is 0.798. The maximum absolute atomic E-state index is 12.8. The van der Waals surface area contributed by atoms with E-state index in [1.165, 1.54) is 0 Å². The van der Waals surface area contributed by atoms with Crippen LogP contribution in [0.15, 0.2) is 27.6 Å². The first-order chi connectivity index (χ1) is 9.53. The summed E-state index contributed by atoms with van der Waals surface area (Å²) in [6, 6.07) is 5.08. The Morgan fingerprint density at radius 3 is 2.43 bits per heavy atom. The second kappa shape index (κ2) is 5.39. The summed E-state index contributed by atoms with van der Waals surface area (Å²) in [6.07, 6.45) is 0.287. The van der Waals surface area contributed by atoms with Crippen LogP contribution in [0.25, 0.3) is 0 Å². The molecule has 21 heavy (non-hydrogen) atoms. The molecule has 1 saturated heterocycles. The second-order valence-electron chi connectivity index (χ2n) is 6.61. The van der Waals surface area contributed by atoms with Gasteiger partial charge in [0.2, 0.25) is 5.91 Å². The molecule has 1 heterocycles. The zero-order chi connectivity index (χ0) is 16.0. The molecule has 1 fully saturated rings. The fourth-order valence-corrected chi connectivity index (χ4v) is 4.68. The van der Waals surface area contributed by atoms with Crippen molar-refractivity contribution in [1.82, 2.24) is 4.31 Å². The molecular formula is C15H20BrNO3S. The molecule has 4 nitrogen and oxygen atoms in total. The molecule has 1 aliphatic heterocycles. The summed E-state index contributed by atoms with van der Waals surface area (Å²) in [5.74, 6) is -0.262. The first kappa shape index (κ1) is 16.5. The first-order valence-corrected chi connectivity index (χ1v) is 9.08. The Morgan fingerprint density at radius 1 is 1.29 bits per heavy atom. The van der Waals surface area contributed by atoms with Crippen molar-refractivity contribution in [2.75, 3.05) is 6.54 Å². The smallest absolute Gasteiger partial charge is 0.266 e. The molecule has 1 aromatic rings. The third kappa shape index (κ3) is 3.16. The van der Waals surface area contributed by atoms with Gasteiger partial charge >= 0.3 is 0 Å². The average molecular weight is 374 g/mol. The minimum absolute atomic E-state index is 0.0484. The lowest BCUT2D eigenvalue weighted by molar-refractivity contribution is -0.123. The Balaban J connectivity index is 2.41. The number of hydrogen-bond donors (Lipinski definition) is 0. The molecule has 2 rings (SSSR count). The Hall–Kier alpha value is -0.880. The number of amides is 1. The van der Waals surface area contributed by atoms with Crippen molar-refractivity contribution in [3.05, 3.63) is 28.2 Å². The molecule has 6 heteroatoms. The number of nitrogens with zero attached hydrogens (tertiary/aromatic N) is 1. The highest BCUT2D eigenvalue weighted by molar-refractivity contribution is 9.10. The number of carbonyl (C=O) groups is 1. The van der Waals surface area contributed by atoms with E-state index in [2.05, 4.69) is 15.9 Å². The van der Waals surface area contributed by atoms with Crippen molar-refractivity contribution < 1.29 is 13.2 Å². The third-order valence-corrected chi connectivity index (χ3v) is 6.45. The second-order valence-corrected chi connectivity index (χ2v) is 9.35. The normalized spacial score (nSPS) is 20.1. The highest BCUT2D eigenvalue weighted by atomic mass is 79.9. The van der Waals surface area contributed by atoms with Crippen LogP contribution in [-0.2, 0) is 14.8 Å². The molecule has 0 N–H and O–H groups in total. The van der Waals surface area contributed by atoms with E-state index in [9.17, 15) is 13.2 Å². The summed E-state index contributed by atoms with van der Waals surface area (Å²) in [5, 5.41) is 0. The predicted molar refractivity (Wildman–Crippen MR) is 85.3 cm³/mol. The molecule has 0 saturated carbocycles. The molecular weight excluding hydrogens is 354 g/mol. The summed E-state index contributed by atoms with van der Waals surface area (Å²) in [6.45, 7) is 8.10. The molecule has 0 aliphatic carbocycles. The number of benzene rings is 1. The van der Waals surface area contributed by atoms with Gasteiger partial charge in [0.05, 0.1) is 4.90 Å². The monoisotopic (exact) mass is 373 g/mol. The molecule has 1 atom stereocenters. The molecule has 116 valence electrons. The largest absolute Gasteiger partial charge is 0.274 e. The van der Waals surface area contributed by atoms with Gasteiger partial charge in [0, 0.05) is 17.4 Å². The summed E-state index contributed by atoms with van der Waals surface area (Å²) in [5.41, 5.74) is 0.553. The Morgan fingerprint density at radius 2 is 1.90 bits per heavy atom. The van der Waals surface area contributed by atoms with Crippen LogP contribution in [0.3, 0.4) is 0 Å². The lowest BCUT2D eigenvalue weighted by atomic mass is 9.80. The fourth-order valence-electron chi connectivity index (χ4n) is 2.46. The van der Waals surface area contributed by atoms with E-state index >= 15 is 0 Å². The van der Waals surface area contributed by atoms with E-state index < -0.39 is 10.0 Å². The van der Waals surface area contributed by atoms with Gasteiger partial charge in [-0.3, -0.25) is 4.79 Å². The average Bonchev–Trinajstić information content (AvgIpc) is 2.75. The Bertz CT molecular complexity index is 677. The number of carbonyl (C=O) groups excluding carboxylic acids is 1. The minimum atomic E-state index is -3.78. The molecule has 0 bridgehead atoms. The summed E-state index contributed by atoms with van der Waals surface area (Å²) >= 11 is 3.29. The van der Waals surface area contributed by atoms with E-state index in [1.807, 2.05) is 20.8 Å². The zero-order valence-corrected chi connectivity index (χ0v) is 15.1. The van der Waals surface area contributed by atoms with Crippen LogP contribution in [0.4, 0.5) is 0 Å². The van der Waals surface area contributed by atoms with Crippen LogP contribution in [0.2, 0.25) is 0 Å². The van der Waals surface area contributed by atoms with E-state index in [-0.39, 0.29) is 35.1 Å². The van der Waals surface area contributed by atoms with Crippen molar-refractivity contribution in [3.63, 3.8) is 0 Å². The van der Waals surface area contributed by atoms with Gasteiger partial charge < -0.3 is 0 Å². The van der Waals surface area contributed by atoms with E-state index in [4.69, 9.17) is 0 Å². The molecule has 0 aromatic heterocycles. The fraction of sp³-hybridized carbons (Fsp3) is 0.533. The predicted octanol–water partition coefficient (Wildman–Crippen LogP) is 3.34. The van der Waals surface area contributed by atoms with Crippen LogP contribution in [0.1, 0.15) is 32.8 Å². The standard InChI is InChI=1S/C15H20BrNO3S/c1-10-5-6-12(16)8-13(10)21(19,20)17-9-11(7-14(17)18)15(2,3)4/h5-6,8,11H,7,9H2,1-4H3. The van der Waals surface area contributed by atoms with Crippen LogP contribution < -0.4 is 0 Å². The van der Waals surface area contributed by atoms with Gasteiger partial charge in [-0.05, 0) is 36.0 Å². The highest BCUT2D eigenvalue weighted by Gasteiger charge is 2.43. The summed E-state index contributed by atoms with van der Waals surface area (Å²) < 4.78 is 27.3. The Labute approximate surface area is 134 Å². The highest BCUT2D eigenvalue weighted by Crippen LogP contribution is 2.37. The molecule has 1 amide bonds. The number of hydrogen-bond acceptors (Lipinski definition) is 3. The van der Waals surface area contributed by atoms with Gasteiger partial charge in [-0.15, -0.1) is 0 Å². The maximum Gasteiger partial charge on any atom is 0.266 e. The van der Waals surface area contributed by atoms with Crippen molar-refractivity contribution in [3.8, 4) is 0 Å².